The quantitative estimate of drug-likeness (QED) is 0.677. The fourth-order valence-electron chi connectivity index (χ4n) is 1.97. The summed E-state index contributed by atoms with van der Waals surface area (Å²) in [5, 5.41) is 0.138. The van der Waals surface area contributed by atoms with E-state index in [9.17, 15) is 8.42 Å². The minimum Gasteiger partial charge on any atom is -0.414 e. The first-order chi connectivity index (χ1) is 9.99. The van der Waals surface area contributed by atoms with Gasteiger partial charge in [0.2, 0.25) is 0 Å². The van der Waals surface area contributed by atoms with Crippen molar-refractivity contribution in [2.75, 3.05) is 5.75 Å². The first kappa shape index (κ1) is 19.4. The molecule has 3 nitrogen and oxygen atoms in total. The van der Waals surface area contributed by atoms with E-state index < -0.39 is 18.2 Å². The Hall–Kier alpha value is -0.653. The van der Waals surface area contributed by atoms with Gasteiger partial charge in [-0.3, -0.25) is 0 Å². The highest BCUT2D eigenvalue weighted by molar-refractivity contribution is 7.91. The number of benzene rings is 1. The second kappa shape index (κ2) is 7.28. The Morgan fingerprint density at radius 2 is 1.68 bits per heavy atom. The Balaban J connectivity index is 2.73. The van der Waals surface area contributed by atoms with Crippen molar-refractivity contribution in [2.45, 2.75) is 69.7 Å². The van der Waals surface area contributed by atoms with E-state index in [1.807, 2.05) is 6.07 Å². The maximum absolute atomic E-state index is 12.4. The Bertz CT molecular complexity index is 559. The molecule has 0 fully saturated rings. The van der Waals surface area contributed by atoms with Crippen LogP contribution in [-0.4, -0.2) is 28.6 Å². The van der Waals surface area contributed by atoms with Crippen LogP contribution in [-0.2, 0) is 14.3 Å². The van der Waals surface area contributed by atoms with Gasteiger partial charge in [0.15, 0.2) is 18.2 Å². The van der Waals surface area contributed by atoms with E-state index in [0.717, 1.165) is 6.42 Å². The van der Waals surface area contributed by atoms with Gasteiger partial charge in [0.05, 0.1) is 10.6 Å². The van der Waals surface area contributed by atoms with E-state index in [1.165, 1.54) is 0 Å². The standard InChI is InChI=1S/C17H30O3SSi/c1-7-15(20-22(5,6)17(2,3)4)13-14-21(18,19)16-11-9-8-10-12-16/h8-12,15H,7,13-14H2,1-6H3/t15-/m0/s1. The third-order valence-corrected chi connectivity index (χ3v) is 10.8. The molecule has 0 heterocycles. The fourth-order valence-corrected chi connectivity index (χ4v) is 4.82. The molecule has 0 amide bonds. The Labute approximate surface area is 137 Å². The van der Waals surface area contributed by atoms with Crippen LogP contribution in [0.15, 0.2) is 35.2 Å². The molecule has 0 aliphatic carbocycles. The first-order valence-electron chi connectivity index (χ1n) is 7.95. The highest BCUT2D eigenvalue weighted by Gasteiger charge is 2.38. The molecule has 0 saturated carbocycles. The monoisotopic (exact) mass is 342 g/mol. The molecule has 0 unspecified atom stereocenters. The largest absolute Gasteiger partial charge is 0.414 e. The van der Waals surface area contributed by atoms with E-state index in [0.29, 0.717) is 11.3 Å². The molecule has 1 aromatic rings. The van der Waals surface area contributed by atoms with E-state index in [4.69, 9.17) is 4.43 Å². The summed E-state index contributed by atoms with van der Waals surface area (Å²) >= 11 is 0. The average molecular weight is 343 g/mol. The third kappa shape index (κ3) is 5.21. The molecule has 0 bridgehead atoms. The summed E-state index contributed by atoms with van der Waals surface area (Å²) < 4.78 is 31.1. The average Bonchev–Trinajstić information content (AvgIpc) is 2.43. The molecule has 5 heteroatoms. The van der Waals surface area contributed by atoms with Crippen LogP contribution >= 0.6 is 0 Å². The first-order valence-corrected chi connectivity index (χ1v) is 12.5. The summed E-state index contributed by atoms with van der Waals surface area (Å²) in [5.41, 5.74) is 0. The van der Waals surface area contributed by atoms with E-state index in [2.05, 4.69) is 40.8 Å². The molecule has 0 spiro atoms. The molecule has 0 saturated heterocycles. The predicted octanol–water partition coefficient (Wildman–Crippen LogP) is 4.65. The molecule has 0 N–H and O–H groups in total. The van der Waals surface area contributed by atoms with Crippen LogP contribution in [0.25, 0.3) is 0 Å². The molecular formula is C17H30O3SSi. The zero-order valence-corrected chi connectivity index (χ0v) is 16.5. The van der Waals surface area contributed by atoms with Crippen molar-refractivity contribution in [3.63, 3.8) is 0 Å². The van der Waals surface area contributed by atoms with E-state index in [1.54, 1.807) is 24.3 Å². The van der Waals surface area contributed by atoms with Crippen molar-refractivity contribution < 1.29 is 12.8 Å². The van der Waals surface area contributed by atoms with Crippen LogP contribution in [0.1, 0.15) is 40.5 Å². The SMILES string of the molecule is CC[C@@H](CCS(=O)(=O)c1ccccc1)O[Si](C)(C)C(C)(C)C. The Morgan fingerprint density at radius 1 is 1.14 bits per heavy atom. The van der Waals surface area contributed by atoms with Crippen molar-refractivity contribution in [2.24, 2.45) is 0 Å². The van der Waals surface area contributed by atoms with Crippen molar-refractivity contribution in [1.29, 1.82) is 0 Å². The van der Waals surface area contributed by atoms with Crippen LogP contribution in [0.2, 0.25) is 18.1 Å². The second-order valence-corrected chi connectivity index (χ2v) is 14.2. The molecule has 1 rings (SSSR count). The normalized spacial score (nSPS) is 14.8. The summed E-state index contributed by atoms with van der Waals surface area (Å²) in [6.07, 6.45) is 1.41. The highest BCUT2D eigenvalue weighted by atomic mass is 32.2. The van der Waals surface area contributed by atoms with Gasteiger partial charge in [0.1, 0.15) is 0 Å². The van der Waals surface area contributed by atoms with Gasteiger partial charge in [-0.25, -0.2) is 8.42 Å². The Kier molecular flexibility index (Phi) is 6.42. The highest BCUT2D eigenvalue weighted by Crippen LogP contribution is 2.38. The van der Waals surface area contributed by atoms with Gasteiger partial charge < -0.3 is 4.43 Å². The number of hydrogen-bond acceptors (Lipinski definition) is 3. The molecule has 0 radical (unpaired) electrons. The zero-order chi connectivity index (χ0) is 17.0. The van der Waals surface area contributed by atoms with Crippen LogP contribution in [0, 0.1) is 0 Å². The summed E-state index contributed by atoms with van der Waals surface area (Å²) in [5.74, 6) is 0.143. The van der Waals surface area contributed by atoms with Crippen molar-refractivity contribution in [3.8, 4) is 0 Å². The summed E-state index contributed by atoms with van der Waals surface area (Å²) in [7, 11) is -5.08. The summed E-state index contributed by atoms with van der Waals surface area (Å²) in [6.45, 7) is 13.1. The number of rotatable bonds is 7. The lowest BCUT2D eigenvalue weighted by molar-refractivity contribution is 0.173. The smallest absolute Gasteiger partial charge is 0.192 e. The predicted molar refractivity (Wildman–Crippen MR) is 95.5 cm³/mol. The lowest BCUT2D eigenvalue weighted by Crippen LogP contribution is -2.44. The molecule has 1 aromatic carbocycles. The van der Waals surface area contributed by atoms with Gasteiger partial charge in [0.25, 0.3) is 0 Å². The molecule has 0 aliphatic heterocycles. The minimum atomic E-state index is -3.22. The lowest BCUT2D eigenvalue weighted by Gasteiger charge is -2.39. The molecule has 0 aliphatic rings. The van der Waals surface area contributed by atoms with Gasteiger partial charge in [0, 0.05) is 6.10 Å². The van der Waals surface area contributed by atoms with Gasteiger partial charge in [-0.1, -0.05) is 45.9 Å². The Morgan fingerprint density at radius 3 is 2.14 bits per heavy atom. The topological polar surface area (TPSA) is 43.4 Å². The van der Waals surface area contributed by atoms with Gasteiger partial charge in [-0.15, -0.1) is 0 Å². The van der Waals surface area contributed by atoms with Crippen LogP contribution in [0.5, 0.6) is 0 Å². The molecule has 126 valence electrons. The lowest BCUT2D eigenvalue weighted by atomic mass is 10.2. The van der Waals surface area contributed by atoms with E-state index in [-0.39, 0.29) is 16.9 Å². The maximum atomic E-state index is 12.4. The van der Waals surface area contributed by atoms with Crippen LogP contribution in [0.3, 0.4) is 0 Å². The van der Waals surface area contributed by atoms with Crippen molar-refractivity contribution in [1.82, 2.24) is 0 Å². The molecule has 22 heavy (non-hydrogen) atoms. The van der Waals surface area contributed by atoms with Crippen LogP contribution < -0.4 is 0 Å². The second-order valence-electron chi connectivity index (χ2n) is 7.33. The molecule has 0 aromatic heterocycles. The van der Waals surface area contributed by atoms with Gasteiger partial charge in [-0.05, 0) is 43.1 Å². The van der Waals surface area contributed by atoms with E-state index >= 15 is 0 Å². The molecule has 1 atom stereocenters. The number of hydrogen-bond donors (Lipinski definition) is 0. The van der Waals surface area contributed by atoms with Crippen molar-refractivity contribution >= 4 is 18.2 Å². The summed E-state index contributed by atoms with van der Waals surface area (Å²) in [6, 6.07) is 8.66. The third-order valence-electron chi connectivity index (χ3n) is 4.53. The van der Waals surface area contributed by atoms with Crippen molar-refractivity contribution in [3.05, 3.63) is 30.3 Å². The summed E-state index contributed by atoms with van der Waals surface area (Å²) in [4.78, 5) is 0.400. The van der Waals surface area contributed by atoms with Gasteiger partial charge >= 0.3 is 0 Å². The zero-order valence-electron chi connectivity index (χ0n) is 14.7. The fraction of sp³-hybridized carbons (Fsp3) is 0.647. The maximum Gasteiger partial charge on any atom is 0.192 e. The minimum absolute atomic E-state index is 0.0133. The van der Waals surface area contributed by atoms with Gasteiger partial charge in [-0.2, -0.15) is 0 Å². The number of sulfone groups is 1. The molecular weight excluding hydrogens is 312 g/mol. The van der Waals surface area contributed by atoms with Crippen LogP contribution in [0.4, 0.5) is 0 Å².